The van der Waals surface area contributed by atoms with Crippen molar-refractivity contribution in [1.29, 1.82) is 0 Å². The van der Waals surface area contributed by atoms with Crippen LogP contribution in [0.4, 0.5) is 19.1 Å². The number of nitrogens with zero attached hydrogens (tertiary/aromatic N) is 3. The average molecular weight is 389 g/mol. The van der Waals surface area contributed by atoms with E-state index < -0.39 is 22.1 Å². The smallest absolute Gasteiger partial charge is 0.479 e. The maximum atomic E-state index is 12.3. The standard InChI is InChI=1S/C13H10F3N5O4S/c1-24-11-9-10(18-6-17-9)19-12(20-11)21-26(22,23)8-4-2-7(3-5-8)25-13(14,15)16/h2-6H,1H3,(H2,17,18,19,20,21). The monoisotopic (exact) mass is 389 g/mol. The van der Waals surface area contributed by atoms with Crippen LogP contribution < -0.4 is 14.2 Å². The number of anilines is 1. The lowest BCUT2D eigenvalue weighted by molar-refractivity contribution is -0.274. The molecule has 0 spiro atoms. The number of fused-ring (bicyclic) bond motifs is 1. The highest BCUT2D eigenvalue weighted by Crippen LogP contribution is 2.25. The number of rotatable bonds is 5. The van der Waals surface area contributed by atoms with E-state index >= 15 is 0 Å². The maximum Gasteiger partial charge on any atom is 0.573 e. The number of hydrogen-bond acceptors (Lipinski definition) is 7. The number of imidazole rings is 1. The van der Waals surface area contributed by atoms with E-state index in [4.69, 9.17) is 4.74 Å². The van der Waals surface area contributed by atoms with Crippen molar-refractivity contribution >= 4 is 27.1 Å². The lowest BCUT2D eigenvalue weighted by Gasteiger charge is -2.10. The summed E-state index contributed by atoms with van der Waals surface area (Å²) in [5, 5.41) is 0. The first-order valence-corrected chi connectivity index (χ1v) is 8.30. The van der Waals surface area contributed by atoms with E-state index in [0.717, 1.165) is 24.3 Å². The fourth-order valence-corrected chi connectivity index (χ4v) is 2.94. The number of benzene rings is 1. The number of hydrogen-bond donors (Lipinski definition) is 2. The second-order valence-electron chi connectivity index (χ2n) is 4.78. The topological polar surface area (TPSA) is 119 Å². The predicted octanol–water partition coefficient (Wildman–Crippen LogP) is 2.06. The Hall–Kier alpha value is -3.09. The van der Waals surface area contributed by atoms with Crippen LogP contribution in [-0.2, 0) is 10.0 Å². The molecule has 0 unspecified atom stereocenters. The second kappa shape index (κ2) is 6.33. The zero-order chi connectivity index (χ0) is 18.9. The Bertz CT molecular complexity index is 1030. The lowest BCUT2D eigenvalue weighted by atomic mass is 10.3. The van der Waals surface area contributed by atoms with Gasteiger partial charge in [0.15, 0.2) is 5.65 Å². The second-order valence-corrected chi connectivity index (χ2v) is 6.46. The van der Waals surface area contributed by atoms with Crippen LogP contribution in [0.5, 0.6) is 11.6 Å². The van der Waals surface area contributed by atoms with E-state index in [1.54, 1.807) is 0 Å². The van der Waals surface area contributed by atoms with Gasteiger partial charge >= 0.3 is 6.36 Å². The van der Waals surface area contributed by atoms with E-state index in [-0.39, 0.29) is 22.4 Å². The molecule has 0 aliphatic carbocycles. The lowest BCUT2D eigenvalue weighted by Crippen LogP contribution is -2.18. The van der Waals surface area contributed by atoms with Crippen molar-refractivity contribution < 1.29 is 31.1 Å². The highest BCUT2D eigenvalue weighted by molar-refractivity contribution is 7.92. The van der Waals surface area contributed by atoms with Gasteiger partial charge in [-0.05, 0) is 24.3 Å². The molecule has 0 bridgehead atoms. The third-order valence-electron chi connectivity index (χ3n) is 3.04. The SMILES string of the molecule is COc1nc(NS(=O)(=O)c2ccc(OC(F)(F)F)cc2)nc2nc[nH]c12. The first kappa shape index (κ1) is 17.7. The van der Waals surface area contributed by atoms with Gasteiger partial charge < -0.3 is 14.5 Å². The van der Waals surface area contributed by atoms with Gasteiger partial charge in [0.1, 0.15) is 11.3 Å². The normalized spacial score (nSPS) is 12.2. The fourth-order valence-electron chi connectivity index (χ4n) is 2.00. The van der Waals surface area contributed by atoms with Gasteiger partial charge in [-0.25, -0.2) is 18.1 Å². The number of halogens is 3. The molecular formula is C13H10F3N5O4S. The average Bonchev–Trinajstić information content (AvgIpc) is 3.01. The van der Waals surface area contributed by atoms with Crippen LogP contribution in [0.1, 0.15) is 0 Å². The summed E-state index contributed by atoms with van der Waals surface area (Å²) in [7, 11) is -2.82. The number of sulfonamides is 1. The Balaban J connectivity index is 1.87. The number of ether oxygens (including phenoxy) is 2. The third kappa shape index (κ3) is 3.77. The first-order chi connectivity index (χ1) is 12.2. The molecule has 2 heterocycles. The molecule has 0 amide bonds. The molecule has 13 heteroatoms. The van der Waals surface area contributed by atoms with Crippen LogP contribution in [-0.4, -0.2) is 41.8 Å². The fraction of sp³-hybridized carbons (Fsp3) is 0.154. The number of aromatic amines is 1. The van der Waals surface area contributed by atoms with Gasteiger partial charge in [0.25, 0.3) is 10.0 Å². The van der Waals surface area contributed by atoms with Crippen LogP contribution >= 0.6 is 0 Å². The molecule has 0 saturated carbocycles. The molecule has 0 fully saturated rings. The summed E-state index contributed by atoms with van der Waals surface area (Å²) in [5.41, 5.74) is 0.549. The molecule has 138 valence electrons. The Morgan fingerprint density at radius 2 is 1.85 bits per heavy atom. The van der Waals surface area contributed by atoms with E-state index in [0.29, 0.717) is 5.52 Å². The summed E-state index contributed by atoms with van der Waals surface area (Å²) in [5.74, 6) is -0.788. The van der Waals surface area contributed by atoms with Crippen molar-refractivity contribution in [3.63, 3.8) is 0 Å². The van der Waals surface area contributed by atoms with Gasteiger partial charge in [-0.15, -0.1) is 13.2 Å². The van der Waals surface area contributed by atoms with E-state index in [2.05, 4.69) is 29.4 Å². The van der Waals surface area contributed by atoms with Crippen molar-refractivity contribution in [3.05, 3.63) is 30.6 Å². The molecule has 3 aromatic rings. The minimum absolute atomic E-state index is 0.0686. The maximum absolute atomic E-state index is 12.3. The Kier molecular flexibility index (Phi) is 4.31. The summed E-state index contributed by atoms with van der Waals surface area (Å²) in [4.78, 5) is 14.1. The molecule has 0 saturated heterocycles. The molecule has 0 radical (unpaired) electrons. The summed E-state index contributed by atoms with van der Waals surface area (Å²) in [6.07, 6.45) is -3.54. The molecule has 26 heavy (non-hydrogen) atoms. The van der Waals surface area contributed by atoms with Crippen molar-refractivity contribution in [2.75, 3.05) is 11.8 Å². The van der Waals surface area contributed by atoms with Crippen molar-refractivity contribution in [2.45, 2.75) is 11.3 Å². The van der Waals surface area contributed by atoms with E-state index in [1.165, 1.54) is 13.4 Å². The van der Waals surface area contributed by atoms with Crippen molar-refractivity contribution in [3.8, 4) is 11.6 Å². The number of nitrogens with one attached hydrogen (secondary N) is 2. The van der Waals surface area contributed by atoms with Gasteiger partial charge in [-0.2, -0.15) is 9.97 Å². The van der Waals surface area contributed by atoms with E-state index in [9.17, 15) is 21.6 Å². The zero-order valence-electron chi connectivity index (χ0n) is 12.9. The van der Waals surface area contributed by atoms with Crippen LogP contribution in [0.25, 0.3) is 11.2 Å². The highest BCUT2D eigenvalue weighted by Gasteiger charge is 2.31. The summed E-state index contributed by atoms with van der Waals surface area (Å²) in [6, 6.07) is 3.65. The zero-order valence-corrected chi connectivity index (χ0v) is 13.7. The van der Waals surface area contributed by atoms with Gasteiger partial charge in [-0.3, -0.25) is 0 Å². The van der Waals surface area contributed by atoms with Crippen molar-refractivity contribution in [1.82, 2.24) is 19.9 Å². The minimum atomic E-state index is -4.87. The number of aromatic nitrogens is 4. The summed E-state index contributed by atoms with van der Waals surface area (Å²) in [6.45, 7) is 0. The Labute approximate surface area is 144 Å². The molecule has 0 atom stereocenters. The van der Waals surface area contributed by atoms with Gasteiger partial charge in [0.05, 0.1) is 18.3 Å². The molecule has 0 aliphatic heterocycles. The van der Waals surface area contributed by atoms with Crippen molar-refractivity contribution in [2.24, 2.45) is 0 Å². The van der Waals surface area contributed by atoms with Gasteiger partial charge in [0.2, 0.25) is 11.8 Å². The quantitative estimate of drug-likeness (QED) is 0.685. The van der Waals surface area contributed by atoms with Crippen LogP contribution in [0.15, 0.2) is 35.5 Å². The molecule has 1 aromatic carbocycles. The predicted molar refractivity (Wildman–Crippen MR) is 82.2 cm³/mol. The molecule has 9 nitrogen and oxygen atoms in total. The largest absolute Gasteiger partial charge is 0.573 e. The Morgan fingerprint density at radius 3 is 2.46 bits per heavy atom. The number of alkyl halides is 3. The highest BCUT2D eigenvalue weighted by atomic mass is 32.2. The molecular weight excluding hydrogens is 379 g/mol. The first-order valence-electron chi connectivity index (χ1n) is 6.82. The number of methoxy groups -OCH3 is 1. The van der Waals surface area contributed by atoms with Crippen LogP contribution in [0, 0.1) is 0 Å². The van der Waals surface area contributed by atoms with Gasteiger partial charge in [0, 0.05) is 0 Å². The summed E-state index contributed by atoms with van der Waals surface area (Å²) >= 11 is 0. The molecule has 2 N–H and O–H groups in total. The molecule has 3 rings (SSSR count). The molecule has 0 aliphatic rings. The van der Waals surface area contributed by atoms with Crippen LogP contribution in [0.3, 0.4) is 0 Å². The van der Waals surface area contributed by atoms with Gasteiger partial charge in [-0.1, -0.05) is 0 Å². The van der Waals surface area contributed by atoms with E-state index in [1.807, 2.05) is 0 Å². The number of H-pyrrole nitrogens is 1. The Morgan fingerprint density at radius 1 is 1.15 bits per heavy atom. The van der Waals surface area contributed by atoms with Crippen LogP contribution in [0.2, 0.25) is 0 Å². The summed E-state index contributed by atoms with van der Waals surface area (Å²) < 4.78 is 72.0. The minimum Gasteiger partial charge on any atom is -0.479 e. The molecule has 2 aromatic heterocycles. The third-order valence-corrected chi connectivity index (χ3v) is 4.38.